The fraction of sp³-hybridized carbons (Fsp3) is 0.222. The molecule has 1 amide bonds. The summed E-state index contributed by atoms with van der Waals surface area (Å²) in [7, 11) is 0. The van der Waals surface area contributed by atoms with Crippen LogP contribution in [0.1, 0.15) is 21.7 Å². The smallest absolute Gasteiger partial charge is 0.422 e. The largest absolute Gasteiger partial charge is 0.467 e. The molecule has 0 radical (unpaired) electrons. The van der Waals surface area contributed by atoms with Crippen LogP contribution >= 0.6 is 0 Å². The Bertz CT molecular complexity index is 972. The number of hydrogen-bond acceptors (Lipinski definition) is 5. The van der Waals surface area contributed by atoms with Gasteiger partial charge >= 0.3 is 6.18 Å². The highest BCUT2D eigenvalue weighted by atomic mass is 19.4. The van der Waals surface area contributed by atoms with Crippen LogP contribution in [0.2, 0.25) is 0 Å². The zero-order chi connectivity index (χ0) is 20.1. The van der Waals surface area contributed by atoms with Crippen LogP contribution in [0.4, 0.5) is 13.2 Å². The summed E-state index contributed by atoms with van der Waals surface area (Å²) in [5.74, 6) is 0.428. The third-order valence-electron chi connectivity index (χ3n) is 3.72. The van der Waals surface area contributed by atoms with E-state index in [2.05, 4.69) is 25.0 Å². The van der Waals surface area contributed by atoms with E-state index >= 15 is 0 Å². The van der Waals surface area contributed by atoms with Crippen LogP contribution in [0.25, 0.3) is 5.82 Å². The van der Waals surface area contributed by atoms with E-state index in [1.165, 1.54) is 18.3 Å². The summed E-state index contributed by atoms with van der Waals surface area (Å²) < 4.78 is 43.5. The lowest BCUT2D eigenvalue weighted by molar-refractivity contribution is -0.154. The predicted octanol–water partition coefficient (Wildman–Crippen LogP) is 2.84. The SMILES string of the molecule is Cc1nccn1-c1cc(CNC(=O)c2cccnc2OCC(F)(F)F)ccn1. The molecule has 0 aliphatic heterocycles. The molecule has 0 bridgehead atoms. The van der Waals surface area contributed by atoms with E-state index in [0.717, 1.165) is 11.4 Å². The van der Waals surface area contributed by atoms with Crippen LogP contribution in [0.3, 0.4) is 0 Å². The number of nitrogens with one attached hydrogen (secondary N) is 1. The molecule has 0 saturated heterocycles. The Hall–Kier alpha value is -3.43. The number of ether oxygens (including phenoxy) is 1. The fourth-order valence-electron chi connectivity index (χ4n) is 2.43. The summed E-state index contributed by atoms with van der Waals surface area (Å²) in [4.78, 5) is 24.5. The molecule has 28 heavy (non-hydrogen) atoms. The highest BCUT2D eigenvalue weighted by Crippen LogP contribution is 2.20. The first-order valence-electron chi connectivity index (χ1n) is 8.21. The van der Waals surface area contributed by atoms with Crippen LogP contribution in [-0.2, 0) is 6.54 Å². The Morgan fingerprint density at radius 3 is 2.71 bits per heavy atom. The molecular weight excluding hydrogens is 375 g/mol. The number of pyridine rings is 2. The number of halogens is 3. The molecule has 3 heterocycles. The van der Waals surface area contributed by atoms with Gasteiger partial charge in [-0.1, -0.05) is 0 Å². The first kappa shape index (κ1) is 19.3. The second-order valence-corrected chi connectivity index (χ2v) is 5.81. The van der Waals surface area contributed by atoms with E-state index in [9.17, 15) is 18.0 Å². The van der Waals surface area contributed by atoms with Crippen molar-refractivity contribution in [3.05, 3.63) is 66.0 Å². The molecule has 0 fully saturated rings. The maximum absolute atomic E-state index is 12.4. The topological polar surface area (TPSA) is 81.9 Å². The van der Waals surface area contributed by atoms with Crippen LogP contribution in [-0.4, -0.2) is 38.2 Å². The molecule has 0 aromatic carbocycles. The van der Waals surface area contributed by atoms with E-state index in [1.54, 1.807) is 35.3 Å². The minimum Gasteiger partial charge on any atom is -0.467 e. The maximum atomic E-state index is 12.4. The molecule has 3 aromatic heterocycles. The van der Waals surface area contributed by atoms with Crippen molar-refractivity contribution in [3.8, 4) is 11.7 Å². The third-order valence-corrected chi connectivity index (χ3v) is 3.72. The molecule has 0 atom stereocenters. The van der Waals surface area contributed by atoms with E-state index in [0.29, 0.717) is 5.82 Å². The van der Waals surface area contributed by atoms with Gasteiger partial charge in [-0.15, -0.1) is 0 Å². The highest BCUT2D eigenvalue weighted by Gasteiger charge is 2.29. The van der Waals surface area contributed by atoms with Gasteiger partial charge in [0.25, 0.3) is 5.91 Å². The lowest BCUT2D eigenvalue weighted by atomic mass is 10.2. The van der Waals surface area contributed by atoms with Gasteiger partial charge in [0.2, 0.25) is 5.88 Å². The normalized spacial score (nSPS) is 11.3. The Kier molecular flexibility index (Phi) is 5.57. The summed E-state index contributed by atoms with van der Waals surface area (Å²) in [6.45, 7) is 0.457. The van der Waals surface area contributed by atoms with Gasteiger partial charge in [0.15, 0.2) is 6.61 Å². The quantitative estimate of drug-likeness (QED) is 0.699. The number of nitrogens with zero attached hydrogens (tertiary/aromatic N) is 4. The van der Waals surface area contributed by atoms with Crippen molar-refractivity contribution in [3.63, 3.8) is 0 Å². The van der Waals surface area contributed by atoms with E-state index in [4.69, 9.17) is 0 Å². The zero-order valence-corrected chi connectivity index (χ0v) is 14.8. The summed E-state index contributed by atoms with van der Waals surface area (Å²) >= 11 is 0. The molecule has 7 nitrogen and oxygen atoms in total. The molecule has 0 aliphatic rings. The minimum atomic E-state index is -4.52. The number of rotatable bonds is 6. The second kappa shape index (κ2) is 8.07. The monoisotopic (exact) mass is 391 g/mol. The van der Waals surface area contributed by atoms with Crippen LogP contribution in [0.15, 0.2) is 49.1 Å². The van der Waals surface area contributed by atoms with Gasteiger partial charge in [-0.25, -0.2) is 15.0 Å². The lowest BCUT2D eigenvalue weighted by Crippen LogP contribution is -2.25. The van der Waals surface area contributed by atoms with Crippen molar-refractivity contribution in [2.75, 3.05) is 6.61 Å². The molecule has 10 heteroatoms. The molecule has 0 saturated carbocycles. The molecule has 1 N–H and O–H groups in total. The fourth-order valence-corrected chi connectivity index (χ4v) is 2.43. The van der Waals surface area contributed by atoms with Gasteiger partial charge in [0.05, 0.1) is 0 Å². The summed E-state index contributed by atoms with van der Waals surface area (Å²) in [5.41, 5.74) is 0.680. The van der Waals surface area contributed by atoms with Gasteiger partial charge < -0.3 is 10.1 Å². The number of imidazole rings is 1. The number of aromatic nitrogens is 4. The van der Waals surface area contributed by atoms with Crippen molar-refractivity contribution >= 4 is 5.91 Å². The number of carbonyl (C=O) groups is 1. The standard InChI is InChI=1S/C18H16F3N5O2/c1-12-22-7-8-26(12)15-9-13(4-6-23-15)10-25-16(27)14-3-2-5-24-17(14)28-11-18(19,20)21/h2-9H,10-11H2,1H3,(H,25,27). The average molecular weight is 391 g/mol. The molecular formula is C18H16F3N5O2. The summed E-state index contributed by atoms with van der Waals surface area (Å²) in [6, 6.07) is 6.29. The number of hydrogen-bond donors (Lipinski definition) is 1. The molecule has 3 rings (SSSR count). The second-order valence-electron chi connectivity index (χ2n) is 5.81. The number of amides is 1. The Labute approximate surface area is 158 Å². The van der Waals surface area contributed by atoms with Crippen molar-refractivity contribution in [1.82, 2.24) is 24.8 Å². The van der Waals surface area contributed by atoms with Gasteiger partial charge in [-0.3, -0.25) is 9.36 Å². The zero-order valence-electron chi connectivity index (χ0n) is 14.8. The maximum Gasteiger partial charge on any atom is 0.422 e. The van der Waals surface area contributed by atoms with Crippen molar-refractivity contribution in [2.45, 2.75) is 19.6 Å². The number of alkyl halides is 3. The van der Waals surface area contributed by atoms with Gasteiger partial charge in [-0.05, 0) is 36.8 Å². The number of aryl methyl sites for hydroxylation is 1. The molecule has 0 unspecified atom stereocenters. The van der Waals surface area contributed by atoms with Gasteiger partial charge in [0, 0.05) is 31.3 Å². The molecule has 3 aromatic rings. The first-order valence-corrected chi connectivity index (χ1v) is 8.21. The Morgan fingerprint density at radius 1 is 1.18 bits per heavy atom. The summed E-state index contributed by atoms with van der Waals surface area (Å²) in [5, 5.41) is 2.65. The van der Waals surface area contributed by atoms with Crippen LogP contribution in [0, 0.1) is 6.92 Å². The predicted molar refractivity (Wildman–Crippen MR) is 93.1 cm³/mol. The summed E-state index contributed by atoms with van der Waals surface area (Å²) in [6.07, 6.45) is 1.74. The van der Waals surface area contributed by atoms with E-state index < -0.39 is 18.7 Å². The van der Waals surface area contributed by atoms with Gasteiger partial charge in [0.1, 0.15) is 17.2 Å². The Balaban J connectivity index is 1.69. The van der Waals surface area contributed by atoms with E-state index in [1.807, 2.05) is 6.92 Å². The number of carbonyl (C=O) groups excluding carboxylic acids is 1. The molecule has 0 aliphatic carbocycles. The highest BCUT2D eigenvalue weighted by molar-refractivity contribution is 5.96. The minimum absolute atomic E-state index is 0.0773. The third kappa shape index (κ3) is 4.84. The lowest BCUT2D eigenvalue weighted by Gasteiger charge is -2.12. The van der Waals surface area contributed by atoms with Gasteiger partial charge in [-0.2, -0.15) is 13.2 Å². The van der Waals surface area contributed by atoms with Crippen molar-refractivity contribution in [1.29, 1.82) is 0 Å². The first-order chi connectivity index (χ1) is 13.3. The van der Waals surface area contributed by atoms with E-state index in [-0.39, 0.29) is 18.0 Å². The van der Waals surface area contributed by atoms with Crippen LogP contribution in [0.5, 0.6) is 5.88 Å². The molecule has 146 valence electrons. The van der Waals surface area contributed by atoms with Crippen LogP contribution < -0.4 is 10.1 Å². The molecule has 0 spiro atoms. The van der Waals surface area contributed by atoms with Crippen molar-refractivity contribution < 1.29 is 22.7 Å². The Morgan fingerprint density at radius 2 is 2.00 bits per heavy atom. The van der Waals surface area contributed by atoms with Crippen molar-refractivity contribution in [2.24, 2.45) is 0 Å². The average Bonchev–Trinajstić information content (AvgIpc) is 3.10.